The van der Waals surface area contributed by atoms with Gasteiger partial charge < -0.3 is 15.2 Å². The van der Waals surface area contributed by atoms with Crippen LogP contribution < -0.4 is 10.1 Å². The van der Waals surface area contributed by atoms with Gasteiger partial charge in [-0.15, -0.1) is 0 Å². The number of carboxylic acids is 1. The highest BCUT2D eigenvalue weighted by Crippen LogP contribution is 2.15. The Kier molecular flexibility index (Phi) is 5.77. The maximum atomic E-state index is 11.5. The lowest BCUT2D eigenvalue weighted by Crippen LogP contribution is -2.37. The van der Waals surface area contributed by atoms with E-state index in [-0.39, 0.29) is 6.10 Å². The van der Waals surface area contributed by atoms with E-state index in [9.17, 15) is 9.59 Å². The summed E-state index contributed by atoms with van der Waals surface area (Å²) in [7, 11) is 0. The fourth-order valence-corrected chi connectivity index (χ4v) is 1.46. The van der Waals surface area contributed by atoms with Gasteiger partial charge in [-0.25, -0.2) is 0 Å². The van der Waals surface area contributed by atoms with Crippen LogP contribution in [-0.4, -0.2) is 29.1 Å². The average molecular weight is 277 g/mol. The number of hydrogen-bond donors (Lipinski definition) is 2. The van der Waals surface area contributed by atoms with Crippen molar-refractivity contribution in [3.8, 4) is 5.75 Å². The molecule has 1 aromatic carbocycles. The summed E-state index contributed by atoms with van der Waals surface area (Å²) < 4.78 is 5.55. The second kappa shape index (κ2) is 7.33. The zero-order chi connectivity index (χ0) is 15.1. The Morgan fingerprint density at radius 2 is 2.00 bits per heavy atom. The number of rotatable bonds is 6. The Hall–Kier alpha value is -2.30. The van der Waals surface area contributed by atoms with Crippen LogP contribution in [0.4, 0.5) is 0 Å². The third-order valence-electron chi connectivity index (χ3n) is 2.39. The third-order valence-corrected chi connectivity index (χ3v) is 2.39. The van der Waals surface area contributed by atoms with Gasteiger partial charge >= 0.3 is 5.97 Å². The molecule has 1 aromatic rings. The summed E-state index contributed by atoms with van der Waals surface area (Å²) in [5.74, 6) is -0.796. The molecule has 1 unspecified atom stereocenters. The van der Waals surface area contributed by atoms with E-state index in [1.807, 2.05) is 38.1 Å². The lowest BCUT2D eigenvalue weighted by atomic mass is 10.2. The highest BCUT2D eigenvalue weighted by Gasteiger charge is 2.11. The highest BCUT2D eigenvalue weighted by molar-refractivity contribution is 5.94. The number of ether oxygens (including phenoxy) is 1. The summed E-state index contributed by atoms with van der Waals surface area (Å²) in [5.41, 5.74) is 0.807. The predicted octanol–water partition coefficient (Wildman–Crippen LogP) is 2.08. The number of nitrogens with one attached hydrogen (secondary N) is 1. The van der Waals surface area contributed by atoms with Gasteiger partial charge in [0.05, 0.1) is 6.10 Å². The van der Waals surface area contributed by atoms with Crippen molar-refractivity contribution < 1.29 is 19.4 Å². The largest absolute Gasteiger partial charge is 0.491 e. The van der Waals surface area contributed by atoms with E-state index in [1.165, 1.54) is 13.0 Å². The summed E-state index contributed by atoms with van der Waals surface area (Å²) in [6.07, 6.45) is 2.99. The lowest BCUT2D eigenvalue weighted by Gasteiger charge is -2.09. The highest BCUT2D eigenvalue weighted by atomic mass is 16.5. The van der Waals surface area contributed by atoms with E-state index in [4.69, 9.17) is 9.84 Å². The normalized spacial score (nSPS) is 12.4. The maximum absolute atomic E-state index is 11.5. The Balaban J connectivity index is 2.65. The first-order valence-corrected chi connectivity index (χ1v) is 6.36. The number of carboxylic acid groups (broad SMARTS) is 1. The molecule has 5 nitrogen and oxygen atoms in total. The van der Waals surface area contributed by atoms with Crippen molar-refractivity contribution in [2.45, 2.75) is 32.9 Å². The molecule has 0 bridgehead atoms. The minimum absolute atomic E-state index is 0.0777. The fraction of sp³-hybridized carbons (Fsp3) is 0.333. The molecule has 2 N–H and O–H groups in total. The van der Waals surface area contributed by atoms with Gasteiger partial charge in [-0.05, 0) is 44.5 Å². The van der Waals surface area contributed by atoms with Crippen LogP contribution in [0.3, 0.4) is 0 Å². The van der Waals surface area contributed by atoms with Crippen molar-refractivity contribution >= 4 is 18.0 Å². The predicted molar refractivity (Wildman–Crippen MR) is 76.5 cm³/mol. The van der Waals surface area contributed by atoms with Crippen LogP contribution in [0.1, 0.15) is 26.3 Å². The number of carbonyl (C=O) groups is 2. The van der Waals surface area contributed by atoms with E-state index >= 15 is 0 Å². The first-order valence-electron chi connectivity index (χ1n) is 6.36. The van der Waals surface area contributed by atoms with Crippen molar-refractivity contribution in [3.05, 3.63) is 35.9 Å². The van der Waals surface area contributed by atoms with Crippen LogP contribution in [0.25, 0.3) is 6.08 Å². The van der Waals surface area contributed by atoms with E-state index in [2.05, 4.69) is 5.32 Å². The topological polar surface area (TPSA) is 75.6 Å². The average Bonchev–Trinajstić information content (AvgIpc) is 2.36. The molecule has 0 saturated heterocycles. The van der Waals surface area contributed by atoms with Gasteiger partial charge in [-0.3, -0.25) is 9.59 Å². The van der Waals surface area contributed by atoms with Gasteiger partial charge in [0.2, 0.25) is 5.91 Å². The molecule has 1 atom stereocenters. The van der Waals surface area contributed by atoms with Crippen LogP contribution in [0.15, 0.2) is 30.3 Å². The molecular formula is C15H19NO4. The SMILES string of the molecule is CC(C)Oc1cccc(C=CC(=O)NC(C)C(=O)O)c1. The van der Waals surface area contributed by atoms with Crippen LogP contribution >= 0.6 is 0 Å². The van der Waals surface area contributed by atoms with Gasteiger partial charge in [0.25, 0.3) is 0 Å². The third kappa shape index (κ3) is 5.56. The zero-order valence-electron chi connectivity index (χ0n) is 11.8. The maximum Gasteiger partial charge on any atom is 0.325 e. The zero-order valence-corrected chi connectivity index (χ0v) is 11.8. The lowest BCUT2D eigenvalue weighted by molar-refractivity contribution is -0.140. The first-order chi connectivity index (χ1) is 9.38. The summed E-state index contributed by atoms with van der Waals surface area (Å²) in [5, 5.41) is 11.0. The van der Waals surface area contributed by atoms with Gasteiger partial charge in [0.1, 0.15) is 11.8 Å². The molecule has 0 fully saturated rings. The van der Waals surface area contributed by atoms with Crippen molar-refractivity contribution in [1.82, 2.24) is 5.32 Å². The Morgan fingerprint density at radius 1 is 1.30 bits per heavy atom. The fourth-order valence-electron chi connectivity index (χ4n) is 1.46. The second-order valence-electron chi connectivity index (χ2n) is 4.64. The van der Waals surface area contributed by atoms with Crippen molar-refractivity contribution in [3.63, 3.8) is 0 Å². The molecule has 108 valence electrons. The Morgan fingerprint density at radius 3 is 2.60 bits per heavy atom. The first kappa shape index (κ1) is 15.8. The van der Waals surface area contributed by atoms with Crippen LogP contribution in [0, 0.1) is 0 Å². The molecule has 1 amide bonds. The molecular weight excluding hydrogens is 258 g/mol. The van der Waals surface area contributed by atoms with E-state index < -0.39 is 17.9 Å². The van der Waals surface area contributed by atoms with Crippen LogP contribution in [0.2, 0.25) is 0 Å². The van der Waals surface area contributed by atoms with Crippen molar-refractivity contribution in [1.29, 1.82) is 0 Å². The molecule has 1 rings (SSSR count). The van der Waals surface area contributed by atoms with Crippen molar-refractivity contribution in [2.75, 3.05) is 0 Å². The molecule has 0 aliphatic rings. The van der Waals surface area contributed by atoms with Crippen LogP contribution in [-0.2, 0) is 9.59 Å². The van der Waals surface area contributed by atoms with E-state index in [0.717, 1.165) is 11.3 Å². The van der Waals surface area contributed by atoms with Crippen LogP contribution in [0.5, 0.6) is 5.75 Å². The minimum Gasteiger partial charge on any atom is -0.491 e. The summed E-state index contributed by atoms with van der Waals surface area (Å²) in [6, 6.07) is 6.39. The smallest absolute Gasteiger partial charge is 0.325 e. The minimum atomic E-state index is -1.07. The van der Waals surface area contributed by atoms with E-state index in [0.29, 0.717) is 0 Å². The molecule has 0 aromatic heterocycles. The molecule has 20 heavy (non-hydrogen) atoms. The number of carbonyl (C=O) groups excluding carboxylic acids is 1. The molecule has 0 aliphatic carbocycles. The summed E-state index contributed by atoms with van der Waals surface area (Å²) in [4.78, 5) is 22.1. The molecule has 0 spiro atoms. The van der Waals surface area contributed by atoms with Gasteiger partial charge in [-0.1, -0.05) is 12.1 Å². The standard InChI is InChI=1S/C15H19NO4/c1-10(2)20-13-6-4-5-12(9-13)7-8-14(17)16-11(3)15(18)19/h4-11H,1-3H3,(H,16,17)(H,18,19). The summed E-state index contributed by atoms with van der Waals surface area (Å²) >= 11 is 0. The number of benzene rings is 1. The van der Waals surface area contributed by atoms with Gasteiger partial charge in [-0.2, -0.15) is 0 Å². The Labute approximate surface area is 118 Å². The molecule has 5 heteroatoms. The molecule has 0 radical (unpaired) electrons. The number of amides is 1. The molecule has 0 saturated carbocycles. The summed E-state index contributed by atoms with van der Waals surface area (Å²) in [6.45, 7) is 5.28. The number of aliphatic carboxylic acids is 1. The van der Waals surface area contributed by atoms with Gasteiger partial charge in [0.15, 0.2) is 0 Å². The second-order valence-corrected chi connectivity index (χ2v) is 4.64. The van der Waals surface area contributed by atoms with Crippen molar-refractivity contribution in [2.24, 2.45) is 0 Å². The molecule has 0 heterocycles. The quantitative estimate of drug-likeness (QED) is 0.781. The van der Waals surface area contributed by atoms with Gasteiger partial charge in [0, 0.05) is 6.08 Å². The molecule has 0 aliphatic heterocycles. The monoisotopic (exact) mass is 277 g/mol. The number of hydrogen-bond acceptors (Lipinski definition) is 3. The van der Waals surface area contributed by atoms with E-state index in [1.54, 1.807) is 6.08 Å². The Bertz CT molecular complexity index is 508.